The second kappa shape index (κ2) is 5.85. The Labute approximate surface area is 111 Å². The van der Waals surface area contributed by atoms with Crippen LogP contribution >= 0.6 is 11.6 Å². The van der Waals surface area contributed by atoms with Gasteiger partial charge in [-0.25, -0.2) is 0 Å². The fourth-order valence-corrected chi connectivity index (χ4v) is 1.71. The highest BCUT2D eigenvalue weighted by atomic mass is 35.5. The molecule has 0 amide bonds. The van der Waals surface area contributed by atoms with Crippen LogP contribution in [-0.2, 0) is 0 Å². The number of pyridine rings is 1. The summed E-state index contributed by atoms with van der Waals surface area (Å²) in [6.45, 7) is 1.91. The van der Waals surface area contributed by atoms with Crippen molar-refractivity contribution in [2.45, 2.75) is 19.4 Å². The molecule has 4 heteroatoms. The maximum Gasteiger partial charge on any atom is 0.145 e. The molecular formula is C14H14ClNO2. The van der Waals surface area contributed by atoms with Crippen LogP contribution in [0.3, 0.4) is 0 Å². The number of halogens is 1. The minimum absolute atomic E-state index is 0.523. The van der Waals surface area contributed by atoms with E-state index in [1.165, 1.54) is 0 Å². The molecule has 0 unspecified atom stereocenters. The van der Waals surface area contributed by atoms with Crippen LogP contribution in [0, 0.1) is 0 Å². The second-order valence-corrected chi connectivity index (χ2v) is 4.34. The Morgan fingerprint density at radius 2 is 2.11 bits per heavy atom. The molecule has 0 spiro atoms. The third-order valence-electron chi connectivity index (χ3n) is 2.52. The van der Waals surface area contributed by atoms with Gasteiger partial charge < -0.3 is 9.84 Å². The van der Waals surface area contributed by atoms with Crippen molar-refractivity contribution in [2.75, 3.05) is 0 Å². The van der Waals surface area contributed by atoms with Gasteiger partial charge in [0.15, 0.2) is 0 Å². The number of aliphatic hydroxyl groups excluding tert-OH is 1. The Hall–Kier alpha value is -1.58. The van der Waals surface area contributed by atoms with Crippen LogP contribution in [0.15, 0.2) is 42.6 Å². The van der Waals surface area contributed by atoms with E-state index in [1.54, 1.807) is 30.5 Å². The number of hydrogen-bond donors (Lipinski definition) is 1. The van der Waals surface area contributed by atoms with E-state index in [4.69, 9.17) is 16.3 Å². The Balaban J connectivity index is 2.11. The Morgan fingerprint density at radius 3 is 2.72 bits per heavy atom. The van der Waals surface area contributed by atoms with E-state index in [0.717, 1.165) is 0 Å². The van der Waals surface area contributed by atoms with E-state index in [0.29, 0.717) is 28.6 Å². The lowest BCUT2D eigenvalue weighted by Crippen LogP contribution is -1.98. The second-order valence-electron chi connectivity index (χ2n) is 3.90. The molecule has 1 heterocycles. The number of nitrogens with zero attached hydrogens (tertiary/aromatic N) is 1. The lowest BCUT2D eigenvalue weighted by Gasteiger charge is -2.09. The summed E-state index contributed by atoms with van der Waals surface area (Å²) in [4.78, 5) is 4.16. The maximum absolute atomic E-state index is 9.63. The van der Waals surface area contributed by atoms with Crippen molar-refractivity contribution in [1.82, 2.24) is 4.98 Å². The number of aromatic nitrogens is 1. The third-order valence-corrected chi connectivity index (χ3v) is 2.75. The minimum atomic E-state index is -0.523. The molecule has 0 bridgehead atoms. The minimum Gasteiger partial charge on any atom is -0.456 e. The van der Waals surface area contributed by atoms with E-state index in [1.807, 2.05) is 19.1 Å². The summed E-state index contributed by atoms with van der Waals surface area (Å²) in [6.07, 6.45) is 1.71. The average molecular weight is 264 g/mol. The van der Waals surface area contributed by atoms with Gasteiger partial charge in [-0.05, 0) is 36.8 Å². The fraction of sp³-hybridized carbons (Fsp3) is 0.214. The Bertz CT molecular complexity index is 513. The zero-order chi connectivity index (χ0) is 13.0. The highest BCUT2D eigenvalue weighted by Gasteiger charge is 2.06. The van der Waals surface area contributed by atoms with Gasteiger partial charge in [-0.15, -0.1) is 0 Å². The predicted molar refractivity (Wildman–Crippen MR) is 71.0 cm³/mol. The summed E-state index contributed by atoms with van der Waals surface area (Å²) in [5, 5.41) is 10.2. The quantitative estimate of drug-likeness (QED) is 0.908. The van der Waals surface area contributed by atoms with Gasteiger partial charge in [0.05, 0.1) is 18.0 Å². The lowest BCUT2D eigenvalue weighted by molar-refractivity contribution is 0.169. The Morgan fingerprint density at radius 1 is 1.28 bits per heavy atom. The van der Waals surface area contributed by atoms with E-state index in [-0.39, 0.29) is 0 Å². The van der Waals surface area contributed by atoms with Gasteiger partial charge in [-0.3, -0.25) is 4.98 Å². The molecule has 0 aliphatic heterocycles. The van der Waals surface area contributed by atoms with E-state index in [2.05, 4.69) is 4.98 Å². The number of aliphatic hydroxyl groups is 1. The molecule has 0 fully saturated rings. The van der Waals surface area contributed by atoms with Crippen LogP contribution in [0.4, 0.5) is 0 Å². The molecule has 18 heavy (non-hydrogen) atoms. The summed E-state index contributed by atoms with van der Waals surface area (Å²) in [6, 6.07) is 10.7. The normalized spacial score (nSPS) is 12.2. The molecule has 2 rings (SSSR count). The first-order valence-electron chi connectivity index (χ1n) is 5.76. The van der Waals surface area contributed by atoms with Crippen molar-refractivity contribution in [3.05, 3.63) is 53.3 Å². The van der Waals surface area contributed by atoms with Crippen LogP contribution in [0.25, 0.3) is 0 Å². The molecule has 0 saturated carbocycles. The molecule has 0 aliphatic rings. The number of rotatable bonds is 4. The van der Waals surface area contributed by atoms with Crippen LogP contribution < -0.4 is 4.74 Å². The zero-order valence-corrected chi connectivity index (χ0v) is 10.8. The number of hydrogen-bond acceptors (Lipinski definition) is 3. The SMILES string of the molecule is CC[C@H](O)c1ccc(Oc2cccc(Cl)c2)cn1. The predicted octanol–water partition coefficient (Wildman–Crippen LogP) is 3.97. The summed E-state index contributed by atoms with van der Waals surface area (Å²) in [5.41, 5.74) is 0.649. The largest absolute Gasteiger partial charge is 0.456 e. The Kier molecular flexibility index (Phi) is 4.18. The van der Waals surface area contributed by atoms with Gasteiger partial charge >= 0.3 is 0 Å². The van der Waals surface area contributed by atoms with Crippen LogP contribution in [0.1, 0.15) is 25.1 Å². The van der Waals surface area contributed by atoms with E-state index in [9.17, 15) is 5.11 Å². The first-order chi connectivity index (χ1) is 8.69. The topological polar surface area (TPSA) is 42.4 Å². The first-order valence-corrected chi connectivity index (χ1v) is 6.14. The van der Waals surface area contributed by atoms with Gasteiger partial charge in [0.1, 0.15) is 11.5 Å². The smallest absolute Gasteiger partial charge is 0.145 e. The third kappa shape index (κ3) is 3.22. The summed E-state index contributed by atoms with van der Waals surface area (Å²) < 4.78 is 5.60. The zero-order valence-electron chi connectivity index (χ0n) is 10.0. The molecule has 0 aliphatic carbocycles. The molecule has 1 aromatic carbocycles. The van der Waals surface area contributed by atoms with Crippen molar-refractivity contribution in [3.8, 4) is 11.5 Å². The summed E-state index contributed by atoms with van der Waals surface area (Å²) >= 11 is 5.87. The molecule has 2 aromatic rings. The molecule has 0 saturated heterocycles. The highest BCUT2D eigenvalue weighted by molar-refractivity contribution is 6.30. The molecule has 94 valence electrons. The number of ether oxygens (including phenoxy) is 1. The van der Waals surface area contributed by atoms with Crippen LogP contribution in [0.5, 0.6) is 11.5 Å². The van der Waals surface area contributed by atoms with Crippen molar-refractivity contribution < 1.29 is 9.84 Å². The van der Waals surface area contributed by atoms with Gasteiger partial charge in [0.2, 0.25) is 0 Å². The van der Waals surface area contributed by atoms with Crippen molar-refractivity contribution in [1.29, 1.82) is 0 Å². The van der Waals surface area contributed by atoms with E-state index < -0.39 is 6.10 Å². The molecule has 1 atom stereocenters. The first kappa shape index (κ1) is 12.9. The maximum atomic E-state index is 9.63. The van der Waals surface area contributed by atoms with Crippen molar-refractivity contribution >= 4 is 11.6 Å². The molecular weight excluding hydrogens is 250 g/mol. The summed E-state index contributed by atoms with van der Waals surface area (Å²) in [7, 11) is 0. The van der Waals surface area contributed by atoms with Gasteiger partial charge in [0.25, 0.3) is 0 Å². The molecule has 3 nitrogen and oxygen atoms in total. The fourth-order valence-electron chi connectivity index (χ4n) is 1.52. The van der Waals surface area contributed by atoms with E-state index >= 15 is 0 Å². The average Bonchev–Trinajstić information content (AvgIpc) is 2.39. The number of benzene rings is 1. The summed E-state index contributed by atoms with van der Waals surface area (Å²) in [5.74, 6) is 1.28. The standard InChI is InChI=1S/C14H14ClNO2/c1-2-14(17)13-7-6-12(9-16-13)18-11-5-3-4-10(15)8-11/h3-9,14,17H,2H2,1H3/t14-/m0/s1. The van der Waals surface area contributed by atoms with Crippen molar-refractivity contribution in [3.63, 3.8) is 0 Å². The molecule has 1 aromatic heterocycles. The van der Waals surface area contributed by atoms with Gasteiger partial charge in [0, 0.05) is 5.02 Å². The monoisotopic (exact) mass is 263 g/mol. The highest BCUT2D eigenvalue weighted by Crippen LogP contribution is 2.24. The van der Waals surface area contributed by atoms with Gasteiger partial charge in [-0.1, -0.05) is 24.6 Å². The van der Waals surface area contributed by atoms with Crippen LogP contribution in [0.2, 0.25) is 5.02 Å². The molecule has 0 radical (unpaired) electrons. The van der Waals surface area contributed by atoms with Crippen LogP contribution in [-0.4, -0.2) is 10.1 Å². The molecule has 1 N–H and O–H groups in total. The van der Waals surface area contributed by atoms with Gasteiger partial charge in [-0.2, -0.15) is 0 Å². The lowest BCUT2D eigenvalue weighted by atomic mass is 10.2. The van der Waals surface area contributed by atoms with Crippen molar-refractivity contribution in [2.24, 2.45) is 0 Å².